The minimum atomic E-state index is -0.580. The van der Waals surface area contributed by atoms with Gasteiger partial charge in [-0.05, 0) is 48.1 Å². The van der Waals surface area contributed by atoms with E-state index in [2.05, 4.69) is 20.8 Å². The van der Waals surface area contributed by atoms with Crippen LogP contribution in [0.3, 0.4) is 0 Å². The molecule has 0 bridgehead atoms. The monoisotopic (exact) mass is 428 g/mol. The van der Waals surface area contributed by atoms with E-state index in [1.54, 1.807) is 18.2 Å². The minimum absolute atomic E-state index is 0.250. The quantitative estimate of drug-likeness (QED) is 0.484. The number of aromatic nitrogens is 2. The van der Waals surface area contributed by atoms with Crippen molar-refractivity contribution in [3.05, 3.63) is 83.7 Å². The summed E-state index contributed by atoms with van der Waals surface area (Å²) < 4.78 is 42.5. The molecule has 1 radical (unpaired) electrons. The van der Waals surface area contributed by atoms with Crippen molar-refractivity contribution >= 4 is 0 Å². The molecule has 0 aliphatic carbocycles. The van der Waals surface area contributed by atoms with E-state index in [0.29, 0.717) is 30.6 Å². The van der Waals surface area contributed by atoms with Crippen LogP contribution in [0.2, 0.25) is 0 Å². The van der Waals surface area contributed by atoms with Gasteiger partial charge in [-0.15, -0.1) is 0 Å². The van der Waals surface area contributed by atoms with E-state index in [4.69, 9.17) is 10.7 Å². The van der Waals surface area contributed by atoms with Crippen molar-refractivity contribution in [1.82, 2.24) is 9.55 Å². The van der Waals surface area contributed by atoms with Gasteiger partial charge >= 0.3 is 0 Å². The maximum Gasteiger partial charge on any atom is 0.123 e. The number of nitrogens with two attached hydrogens (primary N) is 1. The van der Waals surface area contributed by atoms with Crippen molar-refractivity contribution in [2.24, 2.45) is 11.1 Å². The van der Waals surface area contributed by atoms with Gasteiger partial charge in [-0.3, -0.25) is 0 Å². The fraction of sp³-hybridized carbons (Fsp3) is 0.360. The largest absolute Gasteiger partial charge is 0.329 e. The highest BCUT2D eigenvalue weighted by Gasteiger charge is 2.32. The molecule has 2 N–H and O–H groups in total. The Balaban J connectivity index is 2.05. The fourth-order valence-electron chi connectivity index (χ4n) is 3.63. The Hall–Kier alpha value is -2.60. The van der Waals surface area contributed by atoms with Crippen LogP contribution in [0, 0.1) is 23.0 Å². The minimum Gasteiger partial charge on any atom is -0.329 e. The predicted octanol–water partition coefficient (Wildman–Crippen LogP) is 5.92. The highest BCUT2D eigenvalue weighted by Crippen LogP contribution is 2.38. The molecule has 0 saturated heterocycles. The van der Waals surface area contributed by atoms with E-state index >= 15 is 0 Å². The third kappa shape index (κ3) is 5.97. The van der Waals surface area contributed by atoms with Gasteiger partial charge in [0.2, 0.25) is 0 Å². The van der Waals surface area contributed by atoms with E-state index in [-0.39, 0.29) is 17.0 Å². The van der Waals surface area contributed by atoms with Crippen LogP contribution in [0.4, 0.5) is 13.2 Å². The second-order valence-corrected chi connectivity index (χ2v) is 8.90. The van der Waals surface area contributed by atoms with Crippen LogP contribution in [0.15, 0.2) is 54.7 Å². The molecule has 31 heavy (non-hydrogen) atoms. The molecule has 1 aromatic heterocycles. The maximum atomic E-state index is 13.8. The summed E-state index contributed by atoms with van der Waals surface area (Å²) in [5, 5.41) is 0. The first-order valence-corrected chi connectivity index (χ1v) is 10.4. The topological polar surface area (TPSA) is 43.8 Å². The summed E-state index contributed by atoms with van der Waals surface area (Å²) in [4.78, 5) is 4.84. The Morgan fingerprint density at radius 1 is 1.06 bits per heavy atom. The van der Waals surface area contributed by atoms with Gasteiger partial charge in [0.25, 0.3) is 0 Å². The Kier molecular flexibility index (Phi) is 7.21. The van der Waals surface area contributed by atoms with E-state index in [9.17, 15) is 13.2 Å². The number of alkyl halides is 1. The second kappa shape index (κ2) is 9.69. The predicted molar refractivity (Wildman–Crippen MR) is 118 cm³/mol. The van der Waals surface area contributed by atoms with E-state index in [0.717, 1.165) is 17.3 Å². The lowest BCUT2D eigenvalue weighted by Gasteiger charge is -2.30. The highest BCUT2D eigenvalue weighted by atomic mass is 19.1. The van der Waals surface area contributed by atoms with Gasteiger partial charge in [0, 0.05) is 30.3 Å². The zero-order chi connectivity index (χ0) is 22.6. The van der Waals surface area contributed by atoms with Crippen molar-refractivity contribution in [3.63, 3.8) is 0 Å². The zero-order valence-electron chi connectivity index (χ0n) is 18.2. The summed E-state index contributed by atoms with van der Waals surface area (Å²) in [7, 11) is 0. The molecule has 3 rings (SSSR count). The molecule has 0 aliphatic rings. The lowest BCUT2D eigenvalue weighted by Crippen LogP contribution is -2.28. The van der Waals surface area contributed by atoms with Crippen molar-refractivity contribution in [3.8, 4) is 11.3 Å². The molecule has 0 aliphatic heterocycles. The molecule has 1 heterocycles. The molecule has 3 aromatic rings. The van der Waals surface area contributed by atoms with Gasteiger partial charge in [0.1, 0.15) is 24.1 Å². The third-order valence-corrected chi connectivity index (χ3v) is 5.28. The Morgan fingerprint density at radius 3 is 2.35 bits per heavy atom. The van der Waals surface area contributed by atoms with Crippen molar-refractivity contribution < 1.29 is 13.2 Å². The Labute approximate surface area is 182 Å². The molecule has 0 saturated carbocycles. The van der Waals surface area contributed by atoms with Crippen LogP contribution in [-0.4, -0.2) is 22.3 Å². The molecule has 0 spiro atoms. The summed E-state index contributed by atoms with van der Waals surface area (Å²) in [6.45, 7) is 6.05. The van der Waals surface area contributed by atoms with Crippen LogP contribution in [0.1, 0.15) is 45.0 Å². The van der Waals surface area contributed by atoms with E-state index in [1.165, 1.54) is 24.3 Å². The van der Waals surface area contributed by atoms with E-state index < -0.39 is 12.7 Å². The highest BCUT2D eigenvalue weighted by molar-refractivity contribution is 5.59. The first-order valence-electron chi connectivity index (χ1n) is 10.4. The average molecular weight is 429 g/mol. The van der Waals surface area contributed by atoms with Crippen molar-refractivity contribution in [2.45, 2.75) is 46.2 Å². The molecule has 3 nitrogen and oxygen atoms in total. The summed E-state index contributed by atoms with van der Waals surface area (Å²) in [5.41, 5.74) is 7.66. The van der Waals surface area contributed by atoms with Crippen LogP contribution in [-0.2, 0) is 6.54 Å². The standard InChI is InChI=1S/C25H29F3N3/c1-25(2,3)22(11-10-21(29)14-26)24-30-23(18-7-5-9-20(28)13-18)16-31(24)15-17-6-4-8-19(27)12-17/h4-9,12-13,16,21H,10-11,14-15,29H2,1-3H3/t21-/m1/s1. The number of imidazole rings is 1. The summed E-state index contributed by atoms with van der Waals surface area (Å²) >= 11 is 0. The first kappa shape index (κ1) is 23.1. The lowest BCUT2D eigenvalue weighted by atomic mass is 9.77. The normalized spacial score (nSPS) is 13.0. The summed E-state index contributed by atoms with van der Waals surface area (Å²) in [6, 6.07) is 12.2. The van der Waals surface area contributed by atoms with Gasteiger partial charge in [-0.25, -0.2) is 18.2 Å². The van der Waals surface area contributed by atoms with Gasteiger partial charge in [0.15, 0.2) is 0 Å². The van der Waals surface area contributed by atoms with Crippen LogP contribution in [0.25, 0.3) is 11.3 Å². The van der Waals surface area contributed by atoms with Crippen LogP contribution < -0.4 is 5.73 Å². The first-order chi connectivity index (χ1) is 14.7. The van der Waals surface area contributed by atoms with Crippen molar-refractivity contribution in [2.75, 3.05) is 6.67 Å². The molecule has 2 aromatic carbocycles. The molecule has 165 valence electrons. The number of rotatable bonds is 8. The zero-order valence-corrected chi connectivity index (χ0v) is 18.2. The number of hydrogen-bond acceptors (Lipinski definition) is 2. The molecular formula is C25H29F3N3. The number of hydrogen-bond donors (Lipinski definition) is 1. The molecule has 0 amide bonds. The molecule has 6 heteroatoms. The number of benzene rings is 2. The average Bonchev–Trinajstić information content (AvgIpc) is 3.10. The molecule has 0 unspecified atom stereocenters. The van der Waals surface area contributed by atoms with E-state index in [1.807, 2.05) is 16.8 Å². The van der Waals surface area contributed by atoms with Crippen LogP contribution >= 0.6 is 0 Å². The number of halogens is 3. The summed E-state index contributed by atoms with van der Waals surface area (Å²) in [5.74, 6) is 1.10. The third-order valence-electron chi connectivity index (χ3n) is 5.28. The molecular weight excluding hydrogens is 399 g/mol. The van der Waals surface area contributed by atoms with Crippen LogP contribution in [0.5, 0.6) is 0 Å². The molecule has 1 atom stereocenters. The molecule has 0 fully saturated rings. The maximum absolute atomic E-state index is 13.8. The second-order valence-electron chi connectivity index (χ2n) is 8.90. The number of nitrogens with zero attached hydrogens (tertiary/aromatic N) is 2. The summed E-state index contributed by atoms with van der Waals surface area (Å²) in [6.07, 6.45) is 2.93. The lowest BCUT2D eigenvalue weighted by molar-refractivity contribution is 0.368. The fourth-order valence-corrected chi connectivity index (χ4v) is 3.63. The van der Waals surface area contributed by atoms with Gasteiger partial charge in [0.05, 0.1) is 5.69 Å². The van der Waals surface area contributed by atoms with Gasteiger partial charge in [-0.2, -0.15) is 0 Å². The van der Waals surface area contributed by atoms with Gasteiger partial charge in [-0.1, -0.05) is 45.0 Å². The van der Waals surface area contributed by atoms with Gasteiger partial charge < -0.3 is 10.3 Å². The van der Waals surface area contributed by atoms with Crippen molar-refractivity contribution in [1.29, 1.82) is 0 Å². The smallest absolute Gasteiger partial charge is 0.123 e. The SMILES string of the molecule is CC(C)(C)[C](CC[C@@H](N)CF)c1nc(-c2cccc(F)c2)cn1Cc1cccc(F)c1. The Morgan fingerprint density at radius 2 is 1.74 bits per heavy atom. The Bertz CT molecular complexity index is 1010.